The van der Waals surface area contributed by atoms with Crippen molar-refractivity contribution in [2.75, 3.05) is 26.4 Å². The molecule has 0 aromatic rings. The number of carbonyl (C=O) groups excluding carboxylic acids is 2. The van der Waals surface area contributed by atoms with Crippen molar-refractivity contribution in [3.63, 3.8) is 0 Å². The first-order chi connectivity index (χ1) is 28.7. The van der Waals surface area contributed by atoms with Crippen LogP contribution in [0.3, 0.4) is 0 Å². The van der Waals surface area contributed by atoms with Gasteiger partial charge in [0.1, 0.15) is 12.7 Å². The molecule has 0 aliphatic heterocycles. The Morgan fingerprint density at radius 3 is 1.54 bits per heavy atom. The van der Waals surface area contributed by atoms with E-state index in [2.05, 4.69) is 79.1 Å². The lowest BCUT2D eigenvalue weighted by molar-refractivity contribution is -0.161. The number of phosphoric acid groups is 1. The van der Waals surface area contributed by atoms with E-state index in [0.717, 1.165) is 77.0 Å². The first-order valence-electron chi connectivity index (χ1n) is 22.2. The molecule has 0 fully saturated rings. The van der Waals surface area contributed by atoms with Crippen LogP contribution in [0.15, 0.2) is 97.2 Å². The number of allylic oxidation sites excluding steroid dienone is 16. The summed E-state index contributed by atoms with van der Waals surface area (Å²) in [5.74, 6) is -0.985. The molecule has 0 rings (SSSR count). The van der Waals surface area contributed by atoms with Crippen LogP contribution in [0.5, 0.6) is 0 Å². The number of hydrogen-bond donors (Lipinski definition) is 3. The van der Waals surface area contributed by atoms with Crippen LogP contribution in [0.4, 0.5) is 0 Å². The monoisotopic (exact) mass is 847 g/mol. The van der Waals surface area contributed by atoms with Crippen LogP contribution in [0.1, 0.15) is 155 Å². The van der Waals surface area contributed by atoms with Crippen molar-refractivity contribution in [1.82, 2.24) is 0 Å². The summed E-state index contributed by atoms with van der Waals surface area (Å²) < 4.78 is 32.7. The van der Waals surface area contributed by atoms with Gasteiger partial charge >= 0.3 is 19.8 Å². The third-order valence-electron chi connectivity index (χ3n) is 8.83. The zero-order valence-electron chi connectivity index (χ0n) is 36.4. The Hall–Kier alpha value is -3.11. The van der Waals surface area contributed by atoms with E-state index in [4.69, 9.17) is 19.1 Å². The van der Waals surface area contributed by atoms with Crippen molar-refractivity contribution in [2.45, 2.75) is 167 Å². The molecule has 3 N–H and O–H groups in total. The third-order valence-corrected chi connectivity index (χ3v) is 9.78. The Morgan fingerprint density at radius 1 is 0.525 bits per heavy atom. The summed E-state index contributed by atoms with van der Waals surface area (Å²) in [5, 5.41) is 18.3. The minimum Gasteiger partial charge on any atom is -0.462 e. The van der Waals surface area contributed by atoms with Crippen LogP contribution in [-0.2, 0) is 32.7 Å². The molecule has 0 saturated carbocycles. The first-order valence-corrected chi connectivity index (χ1v) is 23.7. The van der Waals surface area contributed by atoms with Gasteiger partial charge in [-0.2, -0.15) is 0 Å². The number of phosphoric ester groups is 1. The second-order valence-corrected chi connectivity index (χ2v) is 15.9. The predicted octanol–water partition coefficient (Wildman–Crippen LogP) is 12.0. The van der Waals surface area contributed by atoms with Crippen molar-refractivity contribution in [1.29, 1.82) is 0 Å². The molecule has 0 radical (unpaired) electrons. The van der Waals surface area contributed by atoms with Gasteiger partial charge in [-0.1, -0.05) is 169 Å². The normalized spacial score (nSPS) is 14.7. The molecule has 0 aliphatic carbocycles. The summed E-state index contributed by atoms with van der Waals surface area (Å²) in [5.41, 5.74) is 0. The number of unbranched alkanes of at least 4 members (excludes halogenated alkanes) is 13. The molecule has 0 spiro atoms. The molecule has 0 aromatic carbocycles. The van der Waals surface area contributed by atoms with Crippen LogP contribution in [0.2, 0.25) is 0 Å². The standard InChI is InChI=1S/C48H79O10P/c1-3-5-7-9-11-13-15-17-18-19-20-21-22-23-24-25-26-28-29-31-33-35-37-39-47(51)55-43-46(44-57-59(53,54)56-42-45(50)41-49)58-48(52)40-38-36-34-32-30-27-16-14-12-10-8-6-4-2/h5-8,10-14,16-18,20-21,27,30,45-46,49-50H,3-4,9,15,19,22-26,28-29,31-44H2,1-2H3,(H,53,54)/b7-5+,8-6+,12-10+,13-11+,16-14+,18-17+,21-20+,30-27+/t45-,46?/m1/s1. The maximum absolute atomic E-state index is 12.6. The molecule has 0 aliphatic rings. The minimum atomic E-state index is -4.64. The van der Waals surface area contributed by atoms with Gasteiger partial charge < -0.3 is 24.6 Å². The molecule has 0 bridgehead atoms. The lowest BCUT2D eigenvalue weighted by Gasteiger charge is -2.20. The number of carbonyl (C=O) groups is 2. The second-order valence-electron chi connectivity index (χ2n) is 14.4. The fraction of sp³-hybridized carbons (Fsp3) is 0.625. The molecular weight excluding hydrogens is 767 g/mol. The molecule has 59 heavy (non-hydrogen) atoms. The fourth-order valence-corrected chi connectivity index (χ4v) is 6.25. The van der Waals surface area contributed by atoms with Gasteiger partial charge in [0, 0.05) is 12.8 Å². The van der Waals surface area contributed by atoms with Crippen LogP contribution < -0.4 is 0 Å². The van der Waals surface area contributed by atoms with Crippen LogP contribution in [-0.4, -0.2) is 65.7 Å². The highest BCUT2D eigenvalue weighted by molar-refractivity contribution is 7.47. The van der Waals surface area contributed by atoms with E-state index in [-0.39, 0.29) is 19.4 Å². The van der Waals surface area contributed by atoms with Gasteiger partial charge in [0.15, 0.2) is 6.10 Å². The second kappa shape index (κ2) is 43.0. The number of rotatable bonds is 40. The summed E-state index contributed by atoms with van der Waals surface area (Å²) in [4.78, 5) is 35.0. The van der Waals surface area contributed by atoms with Crippen LogP contribution in [0, 0.1) is 0 Å². The highest BCUT2D eigenvalue weighted by Crippen LogP contribution is 2.43. The molecule has 2 unspecified atom stereocenters. The predicted molar refractivity (Wildman–Crippen MR) is 242 cm³/mol. The SMILES string of the molecule is CC/C=C/C=C/C=C/C=C/CCCCCC(=O)OC(COC(=O)CCCCCCCCCCCC/C=C/C/C=C/C/C=C/C/C=C/CC)COP(=O)(O)OC[C@H](O)CO. The topological polar surface area (TPSA) is 149 Å². The van der Waals surface area contributed by atoms with Gasteiger partial charge in [-0.25, -0.2) is 4.57 Å². The minimum absolute atomic E-state index is 0.132. The van der Waals surface area contributed by atoms with Crippen LogP contribution >= 0.6 is 7.82 Å². The summed E-state index contributed by atoms with van der Waals surface area (Å²) in [6.07, 6.45) is 52.4. The van der Waals surface area contributed by atoms with Gasteiger partial charge in [0.25, 0.3) is 0 Å². The van der Waals surface area contributed by atoms with E-state index in [1.54, 1.807) is 0 Å². The fourth-order valence-electron chi connectivity index (χ4n) is 5.46. The Kier molecular flexibility index (Phi) is 40.7. The third kappa shape index (κ3) is 42.8. The Bertz CT molecular complexity index is 1300. The van der Waals surface area contributed by atoms with Crippen molar-refractivity contribution >= 4 is 19.8 Å². The molecular formula is C48H79O10P. The lowest BCUT2D eigenvalue weighted by Crippen LogP contribution is -2.29. The van der Waals surface area contributed by atoms with Gasteiger partial charge in [0.05, 0.1) is 19.8 Å². The van der Waals surface area contributed by atoms with Crippen molar-refractivity contribution < 1.29 is 47.8 Å². The van der Waals surface area contributed by atoms with E-state index < -0.39 is 51.8 Å². The molecule has 336 valence electrons. The van der Waals surface area contributed by atoms with E-state index in [9.17, 15) is 24.2 Å². The Morgan fingerprint density at radius 2 is 0.966 bits per heavy atom. The van der Waals surface area contributed by atoms with E-state index in [1.165, 1.54) is 38.5 Å². The average molecular weight is 847 g/mol. The highest BCUT2D eigenvalue weighted by atomic mass is 31.2. The van der Waals surface area contributed by atoms with Gasteiger partial charge in [0.2, 0.25) is 0 Å². The Balaban J connectivity index is 4.26. The van der Waals surface area contributed by atoms with Gasteiger partial charge in [-0.15, -0.1) is 0 Å². The van der Waals surface area contributed by atoms with E-state index >= 15 is 0 Å². The quantitative estimate of drug-likeness (QED) is 0.0179. The molecule has 3 atom stereocenters. The number of ether oxygens (including phenoxy) is 2. The maximum atomic E-state index is 12.6. The Labute approximate surface area is 357 Å². The molecule has 10 nitrogen and oxygen atoms in total. The van der Waals surface area contributed by atoms with Crippen LogP contribution in [0.25, 0.3) is 0 Å². The average Bonchev–Trinajstić information content (AvgIpc) is 3.22. The summed E-state index contributed by atoms with van der Waals surface area (Å²) in [6, 6.07) is 0. The first kappa shape index (κ1) is 55.9. The largest absolute Gasteiger partial charge is 0.472 e. The molecule has 0 amide bonds. The molecule has 0 saturated heterocycles. The summed E-state index contributed by atoms with van der Waals surface area (Å²) in [6.45, 7) is 2.05. The zero-order chi connectivity index (χ0) is 43.3. The number of aliphatic hydroxyl groups excluding tert-OH is 2. The van der Waals surface area contributed by atoms with Crippen molar-refractivity contribution in [2.24, 2.45) is 0 Å². The zero-order valence-corrected chi connectivity index (χ0v) is 37.3. The van der Waals surface area contributed by atoms with Crippen molar-refractivity contribution in [3.05, 3.63) is 97.2 Å². The van der Waals surface area contributed by atoms with Gasteiger partial charge in [-0.3, -0.25) is 18.6 Å². The summed E-state index contributed by atoms with van der Waals surface area (Å²) in [7, 11) is -4.64. The number of hydrogen-bond acceptors (Lipinski definition) is 9. The summed E-state index contributed by atoms with van der Waals surface area (Å²) >= 11 is 0. The lowest BCUT2D eigenvalue weighted by atomic mass is 10.1. The molecule has 0 heterocycles. The smallest absolute Gasteiger partial charge is 0.462 e. The van der Waals surface area contributed by atoms with Gasteiger partial charge in [-0.05, 0) is 70.6 Å². The molecule has 0 aromatic heterocycles. The number of esters is 2. The highest BCUT2D eigenvalue weighted by Gasteiger charge is 2.27. The molecule has 11 heteroatoms. The maximum Gasteiger partial charge on any atom is 0.472 e. The number of aliphatic hydroxyl groups is 2. The van der Waals surface area contributed by atoms with E-state index in [0.29, 0.717) is 12.8 Å². The van der Waals surface area contributed by atoms with E-state index in [1.807, 2.05) is 36.5 Å². The van der Waals surface area contributed by atoms with Crippen molar-refractivity contribution in [3.8, 4) is 0 Å².